The second-order valence-electron chi connectivity index (χ2n) is 5.85. The lowest BCUT2D eigenvalue weighted by Crippen LogP contribution is -2.36. The summed E-state index contributed by atoms with van der Waals surface area (Å²) in [6.45, 7) is 5.26. The molecule has 2 rings (SSSR count). The van der Waals surface area contributed by atoms with Crippen molar-refractivity contribution in [3.8, 4) is 0 Å². The van der Waals surface area contributed by atoms with Crippen molar-refractivity contribution in [2.45, 2.75) is 33.2 Å². The number of carbonyl (C=O) groups excluding carboxylic acids is 2. The van der Waals surface area contributed by atoms with E-state index in [0.717, 1.165) is 17.7 Å². The molecule has 0 aliphatic carbocycles. The molecule has 6 nitrogen and oxygen atoms in total. The van der Waals surface area contributed by atoms with Gasteiger partial charge in [-0.15, -0.1) is 0 Å². The molecule has 0 unspecified atom stereocenters. The summed E-state index contributed by atoms with van der Waals surface area (Å²) in [7, 11) is 0. The highest BCUT2D eigenvalue weighted by molar-refractivity contribution is 5.92. The van der Waals surface area contributed by atoms with E-state index >= 15 is 0 Å². The number of nitrogens with zero attached hydrogens (tertiary/aromatic N) is 3. The van der Waals surface area contributed by atoms with Gasteiger partial charge >= 0.3 is 0 Å². The van der Waals surface area contributed by atoms with Gasteiger partial charge in [0.05, 0.1) is 11.9 Å². The molecule has 0 aliphatic heterocycles. The van der Waals surface area contributed by atoms with Gasteiger partial charge in [-0.1, -0.05) is 37.3 Å². The lowest BCUT2D eigenvalue weighted by Gasteiger charge is -2.21. The number of hydrogen-bond donors (Lipinski definition) is 1. The molecule has 6 heteroatoms. The molecule has 1 aromatic heterocycles. The first-order chi connectivity index (χ1) is 12.1. The van der Waals surface area contributed by atoms with E-state index in [4.69, 9.17) is 0 Å². The van der Waals surface area contributed by atoms with Gasteiger partial charge in [0, 0.05) is 32.3 Å². The van der Waals surface area contributed by atoms with Gasteiger partial charge in [0.1, 0.15) is 5.69 Å². The van der Waals surface area contributed by atoms with Crippen molar-refractivity contribution in [1.82, 2.24) is 20.2 Å². The Bertz CT molecular complexity index is 686. The van der Waals surface area contributed by atoms with Crippen molar-refractivity contribution in [2.75, 3.05) is 13.1 Å². The molecule has 25 heavy (non-hydrogen) atoms. The highest BCUT2D eigenvalue weighted by Gasteiger charge is 2.17. The van der Waals surface area contributed by atoms with E-state index < -0.39 is 0 Å². The van der Waals surface area contributed by atoms with E-state index in [0.29, 0.717) is 25.3 Å². The van der Waals surface area contributed by atoms with Gasteiger partial charge in [0.15, 0.2) is 0 Å². The molecular formula is C19H24N4O2. The molecule has 0 radical (unpaired) electrons. The first-order valence-corrected chi connectivity index (χ1v) is 8.48. The standard InChI is InChI=1S/C19H24N4O2/c1-3-10-23(19(25)17-14-20-15(2)12-21-17)11-9-18(24)22-13-16-7-5-4-6-8-16/h4-8,12,14H,3,9-11,13H2,1-2H3,(H,22,24). The van der Waals surface area contributed by atoms with Gasteiger partial charge in [-0.25, -0.2) is 4.98 Å². The van der Waals surface area contributed by atoms with Crippen molar-refractivity contribution in [3.63, 3.8) is 0 Å². The fourth-order valence-corrected chi connectivity index (χ4v) is 2.37. The minimum atomic E-state index is -0.190. The van der Waals surface area contributed by atoms with Crippen molar-refractivity contribution in [2.24, 2.45) is 0 Å². The third kappa shape index (κ3) is 5.99. The van der Waals surface area contributed by atoms with E-state index in [1.54, 1.807) is 11.1 Å². The summed E-state index contributed by atoms with van der Waals surface area (Å²) < 4.78 is 0. The lowest BCUT2D eigenvalue weighted by molar-refractivity contribution is -0.121. The fourth-order valence-electron chi connectivity index (χ4n) is 2.37. The highest BCUT2D eigenvalue weighted by atomic mass is 16.2. The third-order valence-corrected chi connectivity index (χ3v) is 3.72. The molecule has 1 aromatic carbocycles. The van der Waals surface area contributed by atoms with Gasteiger partial charge in [-0.3, -0.25) is 14.6 Å². The average molecular weight is 340 g/mol. The predicted octanol–water partition coefficient (Wildman–Crippen LogP) is 2.34. The Morgan fingerprint density at radius 1 is 1.08 bits per heavy atom. The summed E-state index contributed by atoms with van der Waals surface area (Å²) in [5.74, 6) is -0.266. The summed E-state index contributed by atoms with van der Waals surface area (Å²) in [5.41, 5.74) is 2.12. The van der Waals surface area contributed by atoms with Crippen LogP contribution in [0.1, 0.15) is 41.5 Å². The van der Waals surface area contributed by atoms with Crippen LogP contribution in [0.4, 0.5) is 0 Å². The number of nitrogens with one attached hydrogen (secondary N) is 1. The van der Waals surface area contributed by atoms with Crippen LogP contribution >= 0.6 is 0 Å². The Hall–Kier alpha value is -2.76. The number of rotatable bonds is 8. The number of hydrogen-bond acceptors (Lipinski definition) is 4. The van der Waals surface area contributed by atoms with E-state index in [9.17, 15) is 9.59 Å². The van der Waals surface area contributed by atoms with Crippen LogP contribution in [-0.4, -0.2) is 39.8 Å². The monoisotopic (exact) mass is 340 g/mol. The quantitative estimate of drug-likeness (QED) is 0.800. The minimum absolute atomic E-state index is 0.0762. The molecule has 0 saturated carbocycles. The van der Waals surface area contributed by atoms with Crippen molar-refractivity contribution in [3.05, 3.63) is 59.7 Å². The van der Waals surface area contributed by atoms with Crippen molar-refractivity contribution in [1.29, 1.82) is 0 Å². The second-order valence-corrected chi connectivity index (χ2v) is 5.85. The zero-order valence-electron chi connectivity index (χ0n) is 14.7. The zero-order valence-corrected chi connectivity index (χ0v) is 14.7. The number of aryl methyl sites for hydroxylation is 1. The Morgan fingerprint density at radius 3 is 2.48 bits per heavy atom. The van der Waals surface area contributed by atoms with E-state index in [1.807, 2.05) is 44.2 Å². The summed E-state index contributed by atoms with van der Waals surface area (Å²) in [5, 5.41) is 2.88. The maximum Gasteiger partial charge on any atom is 0.274 e. The topological polar surface area (TPSA) is 75.2 Å². The van der Waals surface area contributed by atoms with Crippen LogP contribution in [0.25, 0.3) is 0 Å². The lowest BCUT2D eigenvalue weighted by atomic mass is 10.2. The number of amides is 2. The maximum absolute atomic E-state index is 12.5. The fraction of sp³-hybridized carbons (Fsp3) is 0.368. The first-order valence-electron chi connectivity index (χ1n) is 8.48. The van der Waals surface area contributed by atoms with Crippen LogP contribution in [0.5, 0.6) is 0 Å². The number of benzene rings is 1. The number of carbonyl (C=O) groups is 2. The Morgan fingerprint density at radius 2 is 1.84 bits per heavy atom. The molecule has 2 amide bonds. The summed E-state index contributed by atoms with van der Waals surface area (Å²) in [6.07, 6.45) is 4.13. The molecule has 0 fully saturated rings. The molecule has 132 valence electrons. The Kier molecular flexibility index (Phi) is 7.07. The highest BCUT2D eigenvalue weighted by Crippen LogP contribution is 2.04. The summed E-state index contributed by atoms with van der Waals surface area (Å²) in [6, 6.07) is 9.73. The van der Waals surface area contributed by atoms with Crippen LogP contribution < -0.4 is 5.32 Å². The van der Waals surface area contributed by atoms with E-state index in [2.05, 4.69) is 15.3 Å². The third-order valence-electron chi connectivity index (χ3n) is 3.72. The first kappa shape index (κ1) is 18.6. The smallest absolute Gasteiger partial charge is 0.274 e. The summed E-state index contributed by atoms with van der Waals surface area (Å²) >= 11 is 0. The van der Waals surface area contributed by atoms with Gasteiger partial charge < -0.3 is 10.2 Å². The summed E-state index contributed by atoms with van der Waals surface area (Å²) in [4.78, 5) is 34.5. The van der Waals surface area contributed by atoms with E-state index in [1.165, 1.54) is 6.20 Å². The largest absolute Gasteiger partial charge is 0.352 e. The Balaban J connectivity index is 1.86. The van der Waals surface area contributed by atoms with Crippen molar-refractivity contribution < 1.29 is 9.59 Å². The normalized spacial score (nSPS) is 10.3. The average Bonchev–Trinajstić information content (AvgIpc) is 2.64. The molecule has 1 heterocycles. The molecule has 2 aromatic rings. The van der Waals surface area contributed by atoms with Crippen LogP contribution in [0, 0.1) is 6.92 Å². The van der Waals surface area contributed by atoms with Gasteiger partial charge in [-0.2, -0.15) is 0 Å². The van der Waals surface area contributed by atoms with Gasteiger partial charge in [0.25, 0.3) is 5.91 Å². The van der Waals surface area contributed by atoms with Crippen LogP contribution in [0.15, 0.2) is 42.7 Å². The SMILES string of the molecule is CCCN(CCC(=O)NCc1ccccc1)C(=O)c1cnc(C)cn1. The Labute approximate surface area is 148 Å². The van der Waals surface area contributed by atoms with Crippen LogP contribution in [0.3, 0.4) is 0 Å². The minimum Gasteiger partial charge on any atom is -0.352 e. The van der Waals surface area contributed by atoms with Crippen LogP contribution in [0.2, 0.25) is 0 Å². The second kappa shape index (κ2) is 9.52. The molecule has 1 N–H and O–H groups in total. The predicted molar refractivity (Wildman–Crippen MR) is 95.9 cm³/mol. The van der Waals surface area contributed by atoms with Gasteiger partial charge in [0.2, 0.25) is 5.91 Å². The molecule has 0 bridgehead atoms. The molecule has 0 saturated heterocycles. The molecule has 0 atom stereocenters. The van der Waals surface area contributed by atoms with Crippen LogP contribution in [-0.2, 0) is 11.3 Å². The zero-order chi connectivity index (χ0) is 18.1. The maximum atomic E-state index is 12.5. The number of aromatic nitrogens is 2. The molecular weight excluding hydrogens is 316 g/mol. The molecule has 0 spiro atoms. The molecule has 0 aliphatic rings. The van der Waals surface area contributed by atoms with Crippen molar-refractivity contribution >= 4 is 11.8 Å². The van der Waals surface area contributed by atoms with Gasteiger partial charge in [-0.05, 0) is 18.9 Å². The van der Waals surface area contributed by atoms with E-state index in [-0.39, 0.29) is 18.2 Å².